The summed E-state index contributed by atoms with van der Waals surface area (Å²) in [4.78, 5) is 23.1. The molecule has 0 aliphatic carbocycles. The molecule has 0 saturated heterocycles. The maximum atomic E-state index is 11.8. The number of aromatic amines is 1. The molecule has 0 fully saturated rings. The number of aromatic hydroxyl groups is 2. The molecular weight excluding hydrogens is 324 g/mol. The lowest BCUT2D eigenvalue weighted by Gasteiger charge is -2.08. The normalized spacial score (nSPS) is 10.5. The van der Waals surface area contributed by atoms with E-state index in [0.29, 0.717) is 17.2 Å². The van der Waals surface area contributed by atoms with Gasteiger partial charge >= 0.3 is 6.09 Å². The van der Waals surface area contributed by atoms with E-state index in [-0.39, 0.29) is 28.1 Å². The molecule has 23 heavy (non-hydrogen) atoms. The summed E-state index contributed by atoms with van der Waals surface area (Å²) < 4.78 is 4.44. The van der Waals surface area contributed by atoms with Crippen LogP contribution in [-0.4, -0.2) is 58.9 Å². The Morgan fingerprint density at radius 1 is 1.43 bits per heavy atom. The topological polar surface area (TPSA) is 137 Å². The molecule has 2 rings (SSSR count). The summed E-state index contributed by atoms with van der Waals surface area (Å²) in [5.41, 5.74) is 0.170. The molecular formula is C13H16N4O5S. The van der Waals surface area contributed by atoms with Crippen molar-refractivity contribution in [2.24, 2.45) is 0 Å². The van der Waals surface area contributed by atoms with Gasteiger partial charge in [-0.15, -0.1) is 11.8 Å². The first-order valence-electron chi connectivity index (χ1n) is 6.59. The minimum Gasteiger partial charge on any atom is -0.506 e. The first-order chi connectivity index (χ1) is 11.0. The molecule has 0 atom stereocenters. The zero-order chi connectivity index (χ0) is 17.0. The average molecular weight is 340 g/mol. The monoisotopic (exact) mass is 340 g/mol. The number of hydrogen-bond acceptors (Lipinski definition) is 7. The van der Waals surface area contributed by atoms with Crippen LogP contribution in [0.3, 0.4) is 0 Å². The highest BCUT2D eigenvalue weighted by Gasteiger charge is 2.21. The van der Waals surface area contributed by atoms with Crippen molar-refractivity contribution in [2.75, 3.05) is 26.5 Å². The van der Waals surface area contributed by atoms with E-state index in [4.69, 9.17) is 0 Å². The van der Waals surface area contributed by atoms with Gasteiger partial charge in [0.2, 0.25) is 0 Å². The van der Waals surface area contributed by atoms with Crippen molar-refractivity contribution < 1.29 is 24.5 Å². The molecule has 2 aromatic rings. The zero-order valence-electron chi connectivity index (χ0n) is 12.5. The summed E-state index contributed by atoms with van der Waals surface area (Å²) in [5.74, 6) is -0.349. The van der Waals surface area contributed by atoms with E-state index < -0.39 is 12.0 Å². The van der Waals surface area contributed by atoms with Crippen LogP contribution >= 0.6 is 11.8 Å². The summed E-state index contributed by atoms with van der Waals surface area (Å²) in [5, 5.41) is 31.8. The molecule has 124 valence electrons. The second-order valence-corrected chi connectivity index (χ2v) is 5.55. The maximum absolute atomic E-state index is 11.8. The molecule has 1 aromatic carbocycles. The molecule has 10 heteroatoms. The van der Waals surface area contributed by atoms with Gasteiger partial charge in [0, 0.05) is 19.3 Å². The Labute approximate surface area is 135 Å². The fraction of sp³-hybridized carbons (Fsp3) is 0.308. The zero-order valence-corrected chi connectivity index (χ0v) is 13.3. The van der Waals surface area contributed by atoms with Gasteiger partial charge in [-0.2, -0.15) is 5.10 Å². The highest BCUT2D eigenvalue weighted by Crippen LogP contribution is 2.40. The Morgan fingerprint density at radius 2 is 2.17 bits per heavy atom. The van der Waals surface area contributed by atoms with Gasteiger partial charge in [-0.05, 0) is 6.07 Å². The van der Waals surface area contributed by atoms with E-state index in [2.05, 4.69) is 25.6 Å². The van der Waals surface area contributed by atoms with Crippen LogP contribution in [-0.2, 0) is 4.74 Å². The Hall–Kier alpha value is -2.62. The standard InChI is InChI=1S/C13H16N4O5S/c1-14-12(20)10-8-9(16-17-10)6(18)5-7(11(8)19)23-4-3-15-13(21)22-2/h5,18-19H,3-4H2,1-2H3,(H,14,20)(H,15,21)(H,16,17). The number of aromatic nitrogens is 2. The Balaban J connectivity index is 2.25. The number of benzene rings is 1. The Bertz CT molecular complexity index is 746. The number of nitrogens with zero attached hydrogens (tertiary/aromatic N) is 1. The number of thioether (sulfide) groups is 1. The van der Waals surface area contributed by atoms with Crippen LogP contribution in [0.15, 0.2) is 11.0 Å². The van der Waals surface area contributed by atoms with Crippen molar-refractivity contribution in [1.29, 1.82) is 0 Å². The van der Waals surface area contributed by atoms with E-state index in [0.717, 1.165) is 0 Å². The van der Waals surface area contributed by atoms with Crippen molar-refractivity contribution in [3.8, 4) is 11.5 Å². The van der Waals surface area contributed by atoms with Crippen molar-refractivity contribution in [2.45, 2.75) is 4.90 Å². The number of carbonyl (C=O) groups excluding carboxylic acids is 2. The van der Waals surface area contributed by atoms with Crippen LogP contribution in [0.25, 0.3) is 10.9 Å². The Kier molecular flexibility index (Phi) is 5.16. The molecule has 0 aliphatic rings. The predicted molar refractivity (Wildman–Crippen MR) is 83.9 cm³/mol. The van der Waals surface area contributed by atoms with E-state index in [1.165, 1.54) is 32.0 Å². The number of ether oxygens (including phenoxy) is 1. The summed E-state index contributed by atoms with van der Waals surface area (Å²) in [6.07, 6.45) is -0.551. The molecule has 0 radical (unpaired) electrons. The lowest BCUT2D eigenvalue weighted by atomic mass is 10.1. The van der Waals surface area contributed by atoms with Gasteiger partial charge in [0.05, 0.1) is 17.4 Å². The molecule has 1 aromatic heterocycles. The SMILES string of the molecule is CNC(=O)c1[nH]nc2c(O)cc(SCCNC(=O)OC)c(O)c12. The number of phenols is 2. The molecule has 0 aliphatic heterocycles. The fourth-order valence-electron chi connectivity index (χ4n) is 1.93. The van der Waals surface area contributed by atoms with Gasteiger partial charge in [0.1, 0.15) is 22.7 Å². The molecule has 0 saturated carbocycles. The number of methoxy groups -OCH3 is 1. The van der Waals surface area contributed by atoms with Gasteiger partial charge in [0.15, 0.2) is 0 Å². The van der Waals surface area contributed by atoms with E-state index in [1.807, 2.05) is 0 Å². The second kappa shape index (κ2) is 7.09. The van der Waals surface area contributed by atoms with E-state index in [9.17, 15) is 19.8 Å². The number of phenolic OH excluding ortho intramolecular Hbond substituents is 2. The molecule has 5 N–H and O–H groups in total. The first-order valence-corrected chi connectivity index (χ1v) is 7.57. The second-order valence-electron chi connectivity index (χ2n) is 4.41. The van der Waals surface area contributed by atoms with E-state index in [1.54, 1.807) is 0 Å². The highest BCUT2D eigenvalue weighted by molar-refractivity contribution is 7.99. The summed E-state index contributed by atoms with van der Waals surface area (Å²) in [6.45, 7) is 0.309. The highest BCUT2D eigenvalue weighted by atomic mass is 32.2. The van der Waals surface area contributed by atoms with Gasteiger partial charge in [-0.25, -0.2) is 4.79 Å². The average Bonchev–Trinajstić information content (AvgIpc) is 3.00. The van der Waals surface area contributed by atoms with Gasteiger partial charge in [0.25, 0.3) is 5.91 Å². The lowest BCUT2D eigenvalue weighted by molar-refractivity contribution is 0.0959. The number of nitrogens with one attached hydrogen (secondary N) is 3. The number of hydrogen-bond donors (Lipinski definition) is 5. The summed E-state index contributed by atoms with van der Waals surface area (Å²) >= 11 is 1.21. The molecule has 2 amide bonds. The minimum absolute atomic E-state index is 0.0606. The molecule has 1 heterocycles. The number of carbonyl (C=O) groups is 2. The lowest BCUT2D eigenvalue weighted by Crippen LogP contribution is -2.25. The van der Waals surface area contributed by atoms with Gasteiger partial charge in [-0.1, -0.05) is 0 Å². The van der Waals surface area contributed by atoms with Crippen LogP contribution in [0.4, 0.5) is 4.79 Å². The van der Waals surface area contributed by atoms with Crippen molar-refractivity contribution >= 4 is 34.7 Å². The summed E-state index contributed by atoms with van der Waals surface area (Å²) in [7, 11) is 2.71. The minimum atomic E-state index is -0.551. The molecule has 0 spiro atoms. The first kappa shape index (κ1) is 16.7. The van der Waals surface area contributed by atoms with Crippen LogP contribution in [0.5, 0.6) is 11.5 Å². The number of amides is 2. The van der Waals surface area contributed by atoms with Crippen LogP contribution < -0.4 is 10.6 Å². The molecule has 9 nitrogen and oxygen atoms in total. The van der Waals surface area contributed by atoms with Crippen molar-refractivity contribution in [1.82, 2.24) is 20.8 Å². The third kappa shape index (κ3) is 3.42. The van der Waals surface area contributed by atoms with Crippen molar-refractivity contribution in [3.63, 3.8) is 0 Å². The van der Waals surface area contributed by atoms with Gasteiger partial charge in [-0.3, -0.25) is 9.89 Å². The van der Waals surface area contributed by atoms with Gasteiger partial charge < -0.3 is 25.6 Å². The van der Waals surface area contributed by atoms with Crippen LogP contribution in [0, 0.1) is 0 Å². The quantitative estimate of drug-likeness (QED) is 0.308. The Morgan fingerprint density at radius 3 is 2.83 bits per heavy atom. The van der Waals surface area contributed by atoms with Crippen LogP contribution in [0.2, 0.25) is 0 Å². The van der Waals surface area contributed by atoms with Crippen LogP contribution in [0.1, 0.15) is 10.5 Å². The largest absolute Gasteiger partial charge is 0.506 e. The number of rotatable bonds is 5. The summed E-state index contributed by atoms with van der Waals surface area (Å²) in [6, 6.07) is 1.36. The third-order valence-electron chi connectivity index (χ3n) is 3.02. The molecule has 0 bridgehead atoms. The predicted octanol–water partition coefficient (Wildman–Crippen LogP) is 0.782. The third-order valence-corrected chi connectivity index (χ3v) is 4.05. The number of H-pyrrole nitrogens is 1. The molecule has 0 unspecified atom stereocenters. The van der Waals surface area contributed by atoms with Crippen molar-refractivity contribution in [3.05, 3.63) is 11.8 Å². The number of alkyl carbamates (subject to hydrolysis) is 1. The fourth-order valence-corrected chi connectivity index (χ4v) is 2.79. The number of fused-ring (bicyclic) bond motifs is 1. The smallest absolute Gasteiger partial charge is 0.406 e. The maximum Gasteiger partial charge on any atom is 0.406 e. The van der Waals surface area contributed by atoms with E-state index >= 15 is 0 Å².